The topological polar surface area (TPSA) is 30.7 Å². The fraction of sp³-hybridized carbons (Fsp3) is 0.0909. The van der Waals surface area contributed by atoms with Crippen molar-refractivity contribution in [3.8, 4) is 17.1 Å². The van der Waals surface area contributed by atoms with Crippen LogP contribution in [0.1, 0.15) is 11.1 Å². The minimum absolute atomic E-state index is 0.581. The van der Waals surface area contributed by atoms with E-state index >= 15 is 0 Å². The van der Waals surface area contributed by atoms with Gasteiger partial charge in [-0.2, -0.15) is 0 Å². The highest BCUT2D eigenvalue weighted by molar-refractivity contribution is 7.98. The van der Waals surface area contributed by atoms with E-state index in [9.17, 15) is 0 Å². The van der Waals surface area contributed by atoms with Gasteiger partial charge in [-0.25, -0.2) is 0 Å². The van der Waals surface area contributed by atoms with Crippen LogP contribution in [0.5, 0.6) is 0 Å². The van der Waals surface area contributed by atoms with E-state index in [-0.39, 0.29) is 0 Å². The molecule has 4 rings (SSSR count). The SMILES string of the molecule is Cc1cccc(-c2nnc(SCc3c(Cl)cccc3Cl)n2-c2ccc(Cl)cc2)c1. The molecule has 0 radical (unpaired) electrons. The molecule has 3 aromatic carbocycles. The maximum atomic E-state index is 6.33. The summed E-state index contributed by atoms with van der Waals surface area (Å²) >= 11 is 20.3. The number of rotatable bonds is 5. The molecule has 1 heterocycles. The summed E-state index contributed by atoms with van der Waals surface area (Å²) < 4.78 is 2.03. The van der Waals surface area contributed by atoms with Crippen LogP contribution in [-0.2, 0) is 5.75 Å². The maximum absolute atomic E-state index is 6.33. The van der Waals surface area contributed by atoms with Crippen molar-refractivity contribution >= 4 is 46.6 Å². The van der Waals surface area contributed by atoms with Crippen molar-refractivity contribution in [3.05, 3.63) is 92.9 Å². The Labute approximate surface area is 188 Å². The molecule has 0 saturated carbocycles. The van der Waals surface area contributed by atoms with Gasteiger partial charge in [0.05, 0.1) is 0 Å². The van der Waals surface area contributed by atoms with Crippen molar-refractivity contribution in [1.82, 2.24) is 14.8 Å². The number of hydrogen-bond donors (Lipinski definition) is 0. The van der Waals surface area contributed by atoms with Gasteiger partial charge >= 0.3 is 0 Å². The molecule has 0 aliphatic carbocycles. The van der Waals surface area contributed by atoms with Gasteiger partial charge in [-0.15, -0.1) is 10.2 Å². The molecule has 0 saturated heterocycles. The van der Waals surface area contributed by atoms with Crippen LogP contribution in [0.25, 0.3) is 17.1 Å². The fourth-order valence-electron chi connectivity index (χ4n) is 2.96. The van der Waals surface area contributed by atoms with Gasteiger partial charge in [0.2, 0.25) is 0 Å². The van der Waals surface area contributed by atoms with E-state index in [1.165, 1.54) is 11.8 Å². The van der Waals surface area contributed by atoms with Crippen LogP contribution in [0.15, 0.2) is 71.9 Å². The fourth-order valence-corrected chi connectivity index (χ4v) is 4.78. The first-order valence-electron chi connectivity index (χ1n) is 8.87. The van der Waals surface area contributed by atoms with Gasteiger partial charge in [-0.3, -0.25) is 4.57 Å². The van der Waals surface area contributed by atoms with Crippen LogP contribution in [0.4, 0.5) is 0 Å². The van der Waals surface area contributed by atoms with Crippen LogP contribution >= 0.6 is 46.6 Å². The number of thioether (sulfide) groups is 1. The molecule has 7 heteroatoms. The maximum Gasteiger partial charge on any atom is 0.196 e. The lowest BCUT2D eigenvalue weighted by molar-refractivity contribution is 0.886. The minimum atomic E-state index is 0.581. The highest BCUT2D eigenvalue weighted by Crippen LogP contribution is 2.34. The van der Waals surface area contributed by atoms with E-state index in [1.54, 1.807) is 0 Å². The summed E-state index contributed by atoms with van der Waals surface area (Å²) in [5.74, 6) is 1.35. The smallest absolute Gasteiger partial charge is 0.196 e. The minimum Gasteiger partial charge on any atom is -0.270 e. The molecular weight excluding hydrogens is 445 g/mol. The van der Waals surface area contributed by atoms with Crippen molar-refractivity contribution in [1.29, 1.82) is 0 Å². The van der Waals surface area contributed by atoms with Crippen LogP contribution in [0.3, 0.4) is 0 Å². The Morgan fingerprint density at radius 2 is 1.55 bits per heavy atom. The molecule has 4 aromatic rings. The van der Waals surface area contributed by atoms with Gasteiger partial charge in [0.15, 0.2) is 11.0 Å². The second kappa shape index (κ2) is 8.80. The molecule has 0 N–H and O–H groups in total. The first-order valence-corrected chi connectivity index (χ1v) is 11.0. The largest absolute Gasteiger partial charge is 0.270 e. The van der Waals surface area contributed by atoms with E-state index in [2.05, 4.69) is 29.3 Å². The third kappa shape index (κ3) is 4.46. The van der Waals surface area contributed by atoms with Gasteiger partial charge in [0.1, 0.15) is 0 Å². The zero-order valence-corrected chi connectivity index (χ0v) is 18.5. The summed E-state index contributed by atoms with van der Waals surface area (Å²) in [6.07, 6.45) is 0. The molecule has 3 nitrogen and oxygen atoms in total. The molecule has 1 aromatic heterocycles. The molecular formula is C22H16Cl3N3S. The van der Waals surface area contributed by atoms with Crippen molar-refractivity contribution in [2.75, 3.05) is 0 Å². The van der Waals surface area contributed by atoms with E-state index in [0.717, 1.165) is 33.4 Å². The second-order valence-corrected chi connectivity index (χ2v) is 8.67. The Morgan fingerprint density at radius 1 is 0.862 bits per heavy atom. The van der Waals surface area contributed by atoms with Crippen LogP contribution < -0.4 is 0 Å². The number of benzene rings is 3. The summed E-state index contributed by atoms with van der Waals surface area (Å²) in [6, 6.07) is 21.3. The molecule has 0 amide bonds. The lowest BCUT2D eigenvalue weighted by Crippen LogP contribution is -2.00. The Kier molecular flexibility index (Phi) is 6.16. The monoisotopic (exact) mass is 459 g/mol. The predicted octanol–water partition coefficient (Wildman–Crippen LogP) is 7.50. The normalized spacial score (nSPS) is 11.0. The highest BCUT2D eigenvalue weighted by atomic mass is 35.5. The number of aromatic nitrogens is 3. The summed E-state index contributed by atoms with van der Waals surface area (Å²) in [7, 11) is 0. The lowest BCUT2D eigenvalue weighted by Gasteiger charge is -2.12. The molecule has 146 valence electrons. The van der Waals surface area contributed by atoms with Crippen molar-refractivity contribution in [2.45, 2.75) is 17.8 Å². The Bertz CT molecular complexity index is 1140. The number of halogens is 3. The van der Waals surface area contributed by atoms with E-state index in [4.69, 9.17) is 34.8 Å². The first-order chi connectivity index (χ1) is 14.0. The molecule has 0 fully saturated rings. The summed E-state index contributed by atoms with van der Waals surface area (Å²) in [4.78, 5) is 0. The van der Waals surface area contributed by atoms with Crippen LogP contribution in [-0.4, -0.2) is 14.8 Å². The molecule has 0 bridgehead atoms. The zero-order valence-electron chi connectivity index (χ0n) is 15.4. The zero-order chi connectivity index (χ0) is 20.4. The van der Waals surface area contributed by atoms with Crippen LogP contribution in [0, 0.1) is 6.92 Å². The molecule has 0 unspecified atom stereocenters. The third-order valence-electron chi connectivity index (χ3n) is 4.40. The third-order valence-corrected chi connectivity index (χ3v) is 6.32. The van der Waals surface area contributed by atoms with Crippen molar-refractivity contribution in [2.24, 2.45) is 0 Å². The quantitative estimate of drug-likeness (QED) is 0.289. The molecule has 0 atom stereocenters. The molecule has 0 aliphatic rings. The second-order valence-electron chi connectivity index (χ2n) is 6.48. The summed E-state index contributed by atoms with van der Waals surface area (Å²) in [5, 5.41) is 11.6. The van der Waals surface area contributed by atoms with Gasteiger partial charge in [0, 0.05) is 32.1 Å². The average molecular weight is 461 g/mol. The van der Waals surface area contributed by atoms with Crippen molar-refractivity contribution < 1.29 is 0 Å². The Hall–Kier alpha value is -1.98. The van der Waals surface area contributed by atoms with E-state index in [0.29, 0.717) is 20.8 Å². The van der Waals surface area contributed by atoms with E-state index < -0.39 is 0 Å². The molecule has 0 aliphatic heterocycles. The number of nitrogens with zero attached hydrogens (tertiary/aromatic N) is 3. The van der Waals surface area contributed by atoms with Gasteiger partial charge in [-0.05, 0) is 55.0 Å². The van der Waals surface area contributed by atoms with Gasteiger partial charge in [0.25, 0.3) is 0 Å². The summed E-state index contributed by atoms with van der Waals surface area (Å²) in [5.41, 5.74) is 3.97. The standard InChI is InChI=1S/C22H16Cl3N3S/c1-14-4-2-5-15(12-14)21-26-27-22(28(21)17-10-8-16(23)9-11-17)29-13-18-19(24)6-3-7-20(18)25/h2-12H,13H2,1H3. The Morgan fingerprint density at radius 3 is 2.24 bits per heavy atom. The number of aryl methyl sites for hydroxylation is 1. The predicted molar refractivity (Wildman–Crippen MR) is 123 cm³/mol. The Balaban J connectivity index is 1.77. The van der Waals surface area contributed by atoms with Crippen LogP contribution in [0.2, 0.25) is 15.1 Å². The molecule has 0 spiro atoms. The average Bonchev–Trinajstić information content (AvgIpc) is 3.12. The first kappa shape index (κ1) is 20.3. The van der Waals surface area contributed by atoms with E-state index in [1.807, 2.05) is 59.2 Å². The molecule has 29 heavy (non-hydrogen) atoms. The summed E-state index contributed by atoms with van der Waals surface area (Å²) in [6.45, 7) is 2.06. The number of hydrogen-bond acceptors (Lipinski definition) is 3. The van der Waals surface area contributed by atoms with Gasteiger partial charge < -0.3 is 0 Å². The lowest BCUT2D eigenvalue weighted by atomic mass is 10.1. The highest BCUT2D eigenvalue weighted by Gasteiger charge is 2.17. The van der Waals surface area contributed by atoms with Gasteiger partial charge in [-0.1, -0.05) is 76.4 Å². The van der Waals surface area contributed by atoms with Crippen molar-refractivity contribution in [3.63, 3.8) is 0 Å².